The number of rotatable bonds is 3. The molecule has 17 heavy (non-hydrogen) atoms. The highest BCUT2D eigenvalue weighted by atomic mass is 16.2. The molecule has 2 rings (SSSR count). The molecule has 1 aromatic rings. The number of carbonyl (C=O) groups excluding carboxylic acids is 1. The van der Waals surface area contributed by atoms with Gasteiger partial charge in [0.2, 0.25) is 5.91 Å². The first kappa shape index (κ1) is 12.1. The van der Waals surface area contributed by atoms with Crippen LogP contribution in [0.2, 0.25) is 0 Å². The van der Waals surface area contributed by atoms with Gasteiger partial charge in [0.1, 0.15) is 0 Å². The van der Waals surface area contributed by atoms with E-state index in [0.29, 0.717) is 0 Å². The molecule has 1 aromatic carbocycles. The van der Waals surface area contributed by atoms with E-state index < -0.39 is 0 Å². The lowest BCUT2D eigenvalue weighted by atomic mass is 9.95. The van der Waals surface area contributed by atoms with Gasteiger partial charge in [0.05, 0.1) is 6.04 Å². The summed E-state index contributed by atoms with van der Waals surface area (Å²) in [4.78, 5) is 14.0. The van der Waals surface area contributed by atoms with Crippen LogP contribution >= 0.6 is 0 Å². The molecule has 0 radical (unpaired) electrons. The standard InChI is InChI=1S/C14H20N2O/c1-3-8-16(2)14(17)13-9-11-6-4-5-7-12(11)10-15-13/h4-7,13,15H,3,8-10H2,1-2H3/t13-/m0/s1. The summed E-state index contributed by atoms with van der Waals surface area (Å²) in [6.45, 7) is 3.72. The molecule has 0 fully saturated rings. The Labute approximate surface area is 103 Å². The van der Waals surface area contributed by atoms with E-state index in [1.54, 1.807) is 0 Å². The monoisotopic (exact) mass is 232 g/mol. The molecule has 1 amide bonds. The fraction of sp³-hybridized carbons (Fsp3) is 0.500. The number of likely N-dealkylation sites (N-methyl/N-ethyl adjacent to an activating group) is 1. The van der Waals surface area contributed by atoms with E-state index in [1.807, 2.05) is 24.1 Å². The zero-order valence-corrected chi connectivity index (χ0v) is 10.6. The summed E-state index contributed by atoms with van der Waals surface area (Å²) >= 11 is 0. The highest BCUT2D eigenvalue weighted by Crippen LogP contribution is 2.17. The summed E-state index contributed by atoms with van der Waals surface area (Å²) < 4.78 is 0. The van der Waals surface area contributed by atoms with Gasteiger partial charge in [-0.05, 0) is 24.0 Å². The summed E-state index contributed by atoms with van der Waals surface area (Å²) in [6, 6.07) is 8.28. The molecule has 0 saturated carbocycles. The molecule has 1 atom stereocenters. The van der Waals surface area contributed by atoms with Gasteiger partial charge in [0, 0.05) is 20.1 Å². The lowest BCUT2D eigenvalue weighted by molar-refractivity contribution is -0.132. The second kappa shape index (κ2) is 5.32. The lowest BCUT2D eigenvalue weighted by Gasteiger charge is -2.28. The van der Waals surface area contributed by atoms with Gasteiger partial charge in [-0.1, -0.05) is 31.2 Å². The fourth-order valence-electron chi connectivity index (χ4n) is 2.34. The van der Waals surface area contributed by atoms with E-state index in [0.717, 1.165) is 25.9 Å². The molecule has 0 saturated heterocycles. The first-order valence-electron chi connectivity index (χ1n) is 6.27. The Morgan fingerprint density at radius 1 is 1.41 bits per heavy atom. The SMILES string of the molecule is CCCN(C)C(=O)[C@@H]1Cc2ccccc2CN1. The number of carbonyl (C=O) groups is 1. The van der Waals surface area contributed by atoms with E-state index in [9.17, 15) is 4.79 Å². The number of hydrogen-bond donors (Lipinski definition) is 1. The molecule has 0 aromatic heterocycles. The first-order chi connectivity index (χ1) is 8.22. The van der Waals surface area contributed by atoms with Crippen LogP contribution in [0.4, 0.5) is 0 Å². The zero-order chi connectivity index (χ0) is 12.3. The average Bonchev–Trinajstić information content (AvgIpc) is 2.37. The van der Waals surface area contributed by atoms with Gasteiger partial charge >= 0.3 is 0 Å². The van der Waals surface area contributed by atoms with Crippen molar-refractivity contribution in [3.63, 3.8) is 0 Å². The van der Waals surface area contributed by atoms with E-state index in [1.165, 1.54) is 11.1 Å². The molecule has 1 N–H and O–H groups in total. The maximum Gasteiger partial charge on any atom is 0.239 e. The highest BCUT2D eigenvalue weighted by molar-refractivity contribution is 5.82. The molecular weight excluding hydrogens is 212 g/mol. The van der Waals surface area contributed by atoms with Crippen LogP contribution in [0, 0.1) is 0 Å². The molecule has 3 nitrogen and oxygen atoms in total. The third-order valence-corrected chi connectivity index (χ3v) is 3.31. The van der Waals surface area contributed by atoms with Gasteiger partial charge in [-0.2, -0.15) is 0 Å². The number of nitrogens with one attached hydrogen (secondary N) is 1. The number of hydrogen-bond acceptors (Lipinski definition) is 2. The largest absolute Gasteiger partial charge is 0.344 e. The van der Waals surface area contributed by atoms with Crippen LogP contribution in [0.25, 0.3) is 0 Å². The number of amides is 1. The van der Waals surface area contributed by atoms with Crippen LogP contribution in [0.1, 0.15) is 24.5 Å². The van der Waals surface area contributed by atoms with Crippen LogP contribution in [0.5, 0.6) is 0 Å². The smallest absolute Gasteiger partial charge is 0.239 e. The Hall–Kier alpha value is -1.35. The molecule has 1 aliphatic rings. The van der Waals surface area contributed by atoms with Crippen molar-refractivity contribution in [1.82, 2.24) is 10.2 Å². The predicted octanol–water partition coefficient (Wildman–Crippen LogP) is 1.57. The van der Waals surface area contributed by atoms with Crippen molar-refractivity contribution in [3.05, 3.63) is 35.4 Å². The second-order valence-electron chi connectivity index (χ2n) is 4.67. The fourth-order valence-corrected chi connectivity index (χ4v) is 2.34. The maximum absolute atomic E-state index is 12.2. The molecule has 92 valence electrons. The van der Waals surface area contributed by atoms with Crippen molar-refractivity contribution < 1.29 is 4.79 Å². The van der Waals surface area contributed by atoms with Crippen molar-refractivity contribution in [2.45, 2.75) is 32.4 Å². The molecular formula is C14H20N2O. The Kier molecular flexibility index (Phi) is 3.79. The topological polar surface area (TPSA) is 32.3 Å². The Bertz CT molecular complexity index is 403. The summed E-state index contributed by atoms with van der Waals surface area (Å²) in [5, 5.41) is 3.32. The molecule has 0 unspecified atom stereocenters. The van der Waals surface area contributed by atoms with Crippen LogP contribution in [-0.4, -0.2) is 30.4 Å². The minimum absolute atomic E-state index is 0.0542. The van der Waals surface area contributed by atoms with Gasteiger partial charge < -0.3 is 10.2 Å². The quantitative estimate of drug-likeness (QED) is 0.858. The molecule has 0 aliphatic carbocycles. The van der Waals surface area contributed by atoms with Crippen molar-refractivity contribution in [3.8, 4) is 0 Å². The van der Waals surface area contributed by atoms with Gasteiger partial charge in [-0.25, -0.2) is 0 Å². The van der Waals surface area contributed by atoms with Crippen molar-refractivity contribution >= 4 is 5.91 Å². The van der Waals surface area contributed by atoms with Gasteiger partial charge in [0.25, 0.3) is 0 Å². The molecule has 3 heteroatoms. The number of nitrogens with zero attached hydrogens (tertiary/aromatic N) is 1. The number of fused-ring (bicyclic) bond motifs is 1. The molecule has 0 spiro atoms. The highest BCUT2D eigenvalue weighted by Gasteiger charge is 2.25. The Balaban J connectivity index is 2.05. The van der Waals surface area contributed by atoms with E-state index >= 15 is 0 Å². The van der Waals surface area contributed by atoms with Gasteiger partial charge in [-0.15, -0.1) is 0 Å². The van der Waals surface area contributed by atoms with Crippen LogP contribution < -0.4 is 5.32 Å². The van der Waals surface area contributed by atoms with Crippen LogP contribution in [-0.2, 0) is 17.8 Å². The minimum atomic E-state index is -0.0542. The summed E-state index contributed by atoms with van der Waals surface area (Å²) in [5.41, 5.74) is 2.61. The molecule has 1 aliphatic heterocycles. The lowest BCUT2D eigenvalue weighted by Crippen LogP contribution is -2.48. The molecule has 1 heterocycles. The Morgan fingerprint density at radius 3 is 2.82 bits per heavy atom. The third kappa shape index (κ3) is 2.67. The summed E-state index contributed by atoms with van der Waals surface area (Å²) in [6.07, 6.45) is 1.81. The van der Waals surface area contributed by atoms with Gasteiger partial charge in [-0.3, -0.25) is 4.79 Å². The van der Waals surface area contributed by atoms with Crippen molar-refractivity contribution in [1.29, 1.82) is 0 Å². The zero-order valence-electron chi connectivity index (χ0n) is 10.6. The normalized spacial score (nSPS) is 18.6. The third-order valence-electron chi connectivity index (χ3n) is 3.31. The average molecular weight is 232 g/mol. The number of benzene rings is 1. The summed E-state index contributed by atoms with van der Waals surface area (Å²) in [7, 11) is 1.88. The van der Waals surface area contributed by atoms with Crippen LogP contribution in [0.3, 0.4) is 0 Å². The maximum atomic E-state index is 12.2. The Morgan fingerprint density at radius 2 is 2.12 bits per heavy atom. The minimum Gasteiger partial charge on any atom is -0.344 e. The second-order valence-corrected chi connectivity index (χ2v) is 4.67. The summed E-state index contributed by atoms with van der Waals surface area (Å²) in [5.74, 6) is 0.210. The van der Waals surface area contributed by atoms with Crippen molar-refractivity contribution in [2.24, 2.45) is 0 Å². The van der Waals surface area contributed by atoms with E-state index in [4.69, 9.17) is 0 Å². The van der Waals surface area contributed by atoms with E-state index in [-0.39, 0.29) is 11.9 Å². The van der Waals surface area contributed by atoms with Gasteiger partial charge in [0.15, 0.2) is 0 Å². The molecule has 0 bridgehead atoms. The van der Waals surface area contributed by atoms with E-state index in [2.05, 4.69) is 24.4 Å². The van der Waals surface area contributed by atoms with Crippen molar-refractivity contribution in [2.75, 3.05) is 13.6 Å². The van der Waals surface area contributed by atoms with Crippen LogP contribution in [0.15, 0.2) is 24.3 Å². The predicted molar refractivity (Wildman–Crippen MR) is 68.7 cm³/mol. The first-order valence-corrected chi connectivity index (χ1v) is 6.27.